The number of aromatic nitrogens is 2. The Morgan fingerprint density at radius 1 is 0.833 bits per heavy atom. The van der Waals surface area contributed by atoms with Crippen molar-refractivity contribution in [2.45, 2.75) is 6.42 Å². The average molecular weight is 324 g/mol. The van der Waals surface area contributed by atoms with Crippen LogP contribution in [0.2, 0.25) is 0 Å². The monoisotopic (exact) mass is 324 g/mol. The van der Waals surface area contributed by atoms with E-state index in [0.717, 1.165) is 17.6 Å². The molecular formula is C21H12N2S. The van der Waals surface area contributed by atoms with Gasteiger partial charge in [0.05, 0.1) is 15.9 Å². The zero-order valence-electron chi connectivity index (χ0n) is 12.8. The fraction of sp³-hybridized carbons (Fsp3) is 0.0476. The van der Waals surface area contributed by atoms with Crippen molar-refractivity contribution in [2.24, 2.45) is 0 Å². The smallest absolute Gasteiger partial charge is 0.0887 e. The predicted molar refractivity (Wildman–Crippen MR) is 101 cm³/mol. The van der Waals surface area contributed by atoms with Crippen molar-refractivity contribution in [3.63, 3.8) is 0 Å². The van der Waals surface area contributed by atoms with E-state index in [-0.39, 0.29) is 0 Å². The van der Waals surface area contributed by atoms with Gasteiger partial charge in [-0.3, -0.25) is 9.97 Å². The van der Waals surface area contributed by atoms with Crippen LogP contribution in [-0.2, 0) is 6.42 Å². The van der Waals surface area contributed by atoms with Crippen molar-refractivity contribution in [1.29, 1.82) is 0 Å². The molecular weight excluding hydrogens is 312 g/mol. The molecule has 1 aliphatic rings. The largest absolute Gasteiger partial charge is 0.256 e. The Labute approximate surface area is 142 Å². The molecule has 0 aliphatic heterocycles. The van der Waals surface area contributed by atoms with Gasteiger partial charge in [-0.1, -0.05) is 30.3 Å². The first-order chi connectivity index (χ1) is 11.9. The molecule has 3 heteroatoms. The minimum absolute atomic E-state index is 0.959. The van der Waals surface area contributed by atoms with E-state index in [1.807, 2.05) is 35.9 Å². The molecule has 0 spiro atoms. The molecule has 0 atom stereocenters. The molecule has 2 nitrogen and oxygen atoms in total. The van der Waals surface area contributed by atoms with Crippen molar-refractivity contribution in [1.82, 2.24) is 9.97 Å². The van der Waals surface area contributed by atoms with Crippen LogP contribution in [-0.4, -0.2) is 9.97 Å². The molecule has 0 bridgehead atoms. The molecule has 0 radical (unpaired) electrons. The minimum atomic E-state index is 0.959. The topological polar surface area (TPSA) is 25.8 Å². The first-order valence-electron chi connectivity index (χ1n) is 8.07. The molecule has 0 N–H and O–H groups in total. The number of hydrogen-bond acceptors (Lipinski definition) is 3. The van der Waals surface area contributed by atoms with Crippen molar-refractivity contribution >= 4 is 42.4 Å². The maximum absolute atomic E-state index is 4.74. The summed E-state index contributed by atoms with van der Waals surface area (Å²) in [5, 5.41) is 3.94. The number of fused-ring (bicyclic) bond motifs is 10. The van der Waals surface area contributed by atoms with E-state index in [1.54, 1.807) is 0 Å². The maximum Gasteiger partial charge on any atom is 0.0887 e. The third-order valence-electron chi connectivity index (χ3n) is 4.99. The fourth-order valence-electron chi connectivity index (χ4n) is 4.03. The lowest BCUT2D eigenvalue weighted by atomic mass is 9.97. The Kier molecular flexibility index (Phi) is 2.31. The lowest BCUT2D eigenvalue weighted by Crippen LogP contribution is -1.88. The number of nitrogens with zero attached hydrogens (tertiary/aromatic N) is 2. The summed E-state index contributed by atoms with van der Waals surface area (Å²) in [4.78, 5) is 9.44. The molecule has 3 heterocycles. The Balaban J connectivity index is 1.95. The first kappa shape index (κ1) is 12.6. The highest BCUT2D eigenvalue weighted by Crippen LogP contribution is 2.48. The van der Waals surface area contributed by atoms with E-state index in [0.29, 0.717) is 0 Å². The molecule has 0 saturated carbocycles. The fourth-order valence-corrected chi connectivity index (χ4v) is 5.27. The highest BCUT2D eigenvalue weighted by molar-refractivity contribution is 7.26. The van der Waals surface area contributed by atoms with E-state index >= 15 is 0 Å². The molecule has 5 aromatic rings. The Morgan fingerprint density at radius 3 is 2.67 bits per heavy atom. The molecule has 0 fully saturated rings. The summed E-state index contributed by atoms with van der Waals surface area (Å²) in [5.74, 6) is 0. The molecule has 24 heavy (non-hydrogen) atoms. The van der Waals surface area contributed by atoms with Gasteiger partial charge in [0.15, 0.2) is 0 Å². The Hall–Kier alpha value is -2.78. The molecule has 0 saturated heterocycles. The average Bonchev–Trinajstić information content (AvgIpc) is 3.20. The van der Waals surface area contributed by atoms with Gasteiger partial charge in [0.2, 0.25) is 0 Å². The number of hydrogen-bond donors (Lipinski definition) is 0. The van der Waals surface area contributed by atoms with Gasteiger partial charge in [-0.2, -0.15) is 0 Å². The van der Waals surface area contributed by atoms with Crippen LogP contribution in [0.25, 0.3) is 42.3 Å². The normalized spacial score (nSPS) is 12.8. The minimum Gasteiger partial charge on any atom is -0.256 e. The summed E-state index contributed by atoms with van der Waals surface area (Å²) in [6.07, 6.45) is 4.75. The third kappa shape index (κ3) is 1.46. The van der Waals surface area contributed by atoms with E-state index in [4.69, 9.17) is 9.97 Å². The third-order valence-corrected chi connectivity index (χ3v) is 6.16. The van der Waals surface area contributed by atoms with Crippen molar-refractivity contribution in [2.75, 3.05) is 0 Å². The predicted octanol–water partition coefficient (Wildman–Crippen LogP) is 5.57. The van der Waals surface area contributed by atoms with Crippen LogP contribution in [0.1, 0.15) is 11.1 Å². The molecule has 1 aliphatic carbocycles. The lowest BCUT2D eigenvalue weighted by Gasteiger charge is -2.08. The van der Waals surface area contributed by atoms with Gasteiger partial charge in [0.25, 0.3) is 0 Å². The summed E-state index contributed by atoms with van der Waals surface area (Å²) < 4.78 is 2.63. The van der Waals surface area contributed by atoms with Crippen molar-refractivity contribution in [3.8, 4) is 11.3 Å². The molecule has 3 aromatic heterocycles. The van der Waals surface area contributed by atoms with Crippen LogP contribution in [0.15, 0.2) is 60.9 Å². The van der Waals surface area contributed by atoms with Gasteiger partial charge in [-0.05, 0) is 29.3 Å². The quantitative estimate of drug-likeness (QED) is 0.365. The highest BCUT2D eigenvalue weighted by atomic mass is 32.1. The van der Waals surface area contributed by atoms with Gasteiger partial charge in [0, 0.05) is 45.2 Å². The van der Waals surface area contributed by atoms with Gasteiger partial charge in [0.1, 0.15) is 0 Å². The van der Waals surface area contributed by atoms with Crippen LogP contribution >= 0.6 is 11.3 Å². The number of pyridine rings is 2. The number of thiophene rings is 1. The van der Waals surface area contributed by atoms with E-state index in [2.05, 4.69) is 36.4 Å². The zero-order chi connectivity index (χ0) is 15.7. The standard InChI is InChI=1S/C21H12N2S/c1-2-8-16-13(6-1)18-15-11-12-5-3-9-22-19(12)17(15)14-7-4-10-23-20(14)21(18)24-16/h1-10H,11H2. The second kappa shape index (κ2) is 4.40. The molecule has 2 aromatic carbocycles. The van der Waals surface area contributed by atoms with Crippen molar-refractivity contribution < 1.29 is 0 Å². The molecule has 112 valence electrons. The summed E-state index contributed by atoms with van der Waals surface area (Å²) >= 11 is 1.85. The van der Waals surface area contributed by atoms with Gasteiger partial charge < -0.3 is 0 Å². The summed E-state index contributed by atoms with van der Waals surface area (Å²) in [5.41, 5.74) is 6.25. The van der Waals surface area contributed by atoms with Gasteiger partial charge >= 0.3 is 0 Å². The first-order valence-corrected chi connectivity index (χ1v) is 8.88. The maximum atomic E-state index is 4.74. The second-order valence-corrected chi connectivity index (χ2v) is 7.30. The van der Waals surface area contributed by atoms with Crippen LogP contribution in [0.3, 0.4) is 0 Å². The Morgan fingerprint density at radius 2 is 1.67 bits per heavy atom. The van der Waals surface area contributed by atoms with Crippen molar-refractivity contribution in [3.05, 3.63) is 72.1 Å². The molecule has 6 rings (SSSR count). The lowest BCUT2D eigenvalue weighted by molar-refractivity contribution is 1.24. The van der Waals surface area contributed by atoms with E-state index in [9.17, 15) is 0 Å². The van der Waals surface area contributed by atoms with Crippen LogP contribution in [0.5, 0.6) is 0 Å². The summed E-state index contributed by atoms with van der Waals surface area (Å²) in [7, 11) is 0. The van der Waals surface area contributed by atoms with Gasteiger partial charge in [-0.15, -0.1) is 11.3 Å². The Bertz CT molecular complexity index is 1280. The van der Waals surface area contributed by atoms with E-state index < -0.39 is 0 Å². The second-order valence-electron chi connectivity index (χ2n) is 6.24. The molecule has 0 unspecified atom stereocenters. The SMILES string of the molecule is c1cnc2c(c1)Cc1c-2c2cccnc2c2sc3ccccc3c12. The molecule has 0 amide bonds. The zero-order valence-corrected chi connectivity index (χ0v) is 13.6. The van der Waals surface area contributed by atoms with Crippen LogP contribution in [0, 0.1) is 0 Å². The highest BCUT2D eigenvalue weighted by Gasteiger charge is 2.27. The van der Waals surface area contributed by atoms with Gasteiger partial charge in [-0.25, -0.2) is 0 Å². The number of rotatable bonds is 0. The van der Waals surface area contributed by atoms with Crippen LogP contribution in [0.4, 0.5) is 0 Å². The summed E-state index contributed by atoms with van der Waals surface area (Å²) in [6.45, 7) is 0. The number of benzene rings is 2. The summed E-state index contributed by atoms with van der Waals surface area (Å²) in [6, 6.07) is 17.1. The van der Waals surface area contributed by atoms with Crippen LogP contribution < -0.4 is 0 Å². The van der Waals surface area contributed by atoms with E-state index in [1.165, 1.54) is 42.2 Å².